The number of hydrogen-bond acceptors (Lipinski definition) is 0. The topological polar surface area (TPSA) is 0 Å². The Kier molecular flexibility index (Phi) is 8.66. The van der Waals surface area contributed by atoms with Crippen molar-refractivity contribution >= 4 is 69.6 Å². The Hall–Kier alpha value is 0.959. The van der Waals surface area contributed by atoms with Gasteiger partial charge in [0.05, 0.1) is 0 Å². The van der Waals surface area contributed by atoms with E-state index in [1.54, 1.807) is 24.3 Å². The van der Waals surface area contributed by atoms with Gasteiger partial charge in [0.2, 0.25) is 0 Å². The van der Waals surface area contributed by atoms with E-state index in [9.17, 15) is 0 Å². The van der Waals surface area contributed by atoms with E-state index in [1.807, 2.05) is 0 Å². The third-order valence-corrected chi connectivity index (χ3v) is 4.05. The van der Waals surface area contributed by atoms with Gasteiger partial charge in [-0.3, -0.25) is 0 Å². The minimum absolute atomic E-state index is 0. The number of hydrogen-bond donors (Lipinski definition) is 0. The Morgan fingerprint density at radius 3 is 0.824 bits per heavy atom. The molecule has 0 fully saturated rings. The molecule has 0 aliphatic rings. The van der Waals surface area contributed by atoms with E-state index in [2.05, 4.69) is 0 Å². The van der Waals surface area contributed by atoms with Gasteiger partial charge in [-0.25, -0.2) is 0 Å². The summed E-state index contributed by atoms with van der Waals surface area (Å²) in [6.07, 6.45) is 0. The minimum atomic E-state index is 0. The molecule has 0 heterocycles. The van der Waals surface area contributed by atoms with E-state index in [4.69, 9.17) is 69.6 Å². The largest absolute Gasteiger partial charge is 0.193 e. The fourth-order valence-corrected chi connectivity index (χ4v) is 1.82. The molecule has 0 radical (unpaired) electrons. The third kappa shape index (κ3) is 5.22. The van der Waals surface area contributed by atoms with Crippen molar-refractivity contribution in [1.82, 2.24) is 0 Å². The van der Waals surface area contributed by atoms with Crippen LogP contribution in [0.3, 0.4) is 0 Å². The molecule has 0 aliphatic heterocycles. The maximum atomic E-state index is 5.53. The van der Waals surface area contributed by atoms with Crippen LogP contribution in [-0.2, 0) is 17.1 Å². The van der Waals surface area contributed by atoms with Crippen molar-refractivity contribution in [2.45, 2.75) is 0 Å². The standard InChI is InChI=1S/2C5H2Cl3.Fe/c2*6-3-1-2-4(7)5(3)8;/h2*1-2H;/q2*-1;. The van der Waals surface area contributed by atoms with E-state index in [-0.39, 0.29) is 17.1 Å². The summed E-state index contributed by atoms with van der Waals surface area (Å²) in [6, 6.07) is 6.64. The second-order valence-electron chi connectivity index (χ2n) is 2.69. The van der Waals surface area contributed by atoms with Crippen molar-refractivity contribution in [3.8, 4) is 0 Å². The van der Waals surface area contributed by atoms with Gasteiger partial charge in [0, 0.05) is 17.1 Å². The van der Waals surface area contributed by atoms with Gasteiger partial charge in [-0.05, 0) is 10.0 Å². The van der Waals surface area contributed by atoms with Gasteiger partial charge in [-0.2, -0.15) is 47.5 Å². The predicted molar refractivity (Wildman–Crippen MR) is 74.1 cm³/mol. The Morgan fingerprint density at radius 2 is 0.765 bits per heavy atom. The molecule has 0 unspecified atom stereocenters. The molecule has 0 spiro atoms. The minimum Gasteiger partial charge on any atom is -0.193 e. The number of halogens is 6. The molecule has 7 heteroatoms. The van der Waals surface area contributed by atoms with Crippen LogP contribution in [0, 0.1) is 0 Å². The van der Waals surface area contributed by atoms with Crippen molar-refractivity contribution < 1.29 is 17.1 Å². The summed E-state index contributed by atoms with van der Waals surface area (Å²) in [5.41, 5.74) is 0. The van der Waals surface area contributed by atoms with Crippen LogP contribution in [0.15, 0.2) is 24.3 Å². The van der Waals surface area contributed by atoms with E-state index in [0.717, 1.165) is 0 Å². The molecule has 0 saturated carbocycles. The van der Waals surface area contributed by atoms with Crippen LogP contribution in [0.25, 0.3) is 0 Å². The van der Waals surface area contributed by atoms with Gasteiger partial charge in [0.25, 0.3) is 0 Å². The van der Waals surface area contributed by atoms with Gasteiger partial charge < -0.3 is 0 Å². The normalized spacial score (nSPS) is 9.29. The zero-order chi connectivity index (χ0) is 12.3. The number of rotatable bonds is 0. The Labute approximate surface area is 140 Å². The molecule has 0 saturated heterocycles. The SMILES string of the molecule is Clc1ccc(Cl)[c-]1Cl.Clc1ccc(Cl)[c-]1Cl.[Fe]. The molecule has 2 aromatic carbocycles. The van der Waals surface area contributed by atoms with E-state index < -0.39 is 0 Å². The molecule has 0 nitrogen and oxygen atoms in total. The third-order valence-electron chi connectivity index (χ3n) is 1.59. The smallest absolute Gasteiger partial charge is 0 e. The van der Waals surface area contributed by atoms with E-state index >= 15 is 0 Å². The Bertz CT molecular complexity index is 390. The van der Waals surface area contributed by atoms with Crippen LogP contribution in [-0.4, -0.2) is 0 Å². The molecular weight excluding hydrogens is 389 g/mol. The fourth-order valence-electron chi connectivity index (χ4n) is 0.813. The molecule has 0 N–H and O–H groups in total. The molecule has 0 amide bonds. The Balaban J connectivity index is 0.000000284. The first-order chi connectivity index (χ1) is 7.43. The first-order valence-electron chi connectivity index (χ1n) is 3.96. The molecule has 17 heavy (non-hydrogen) atoms. The van der Waals surface area contributed by atoms with Gasteiger partial charge in [-0.15, -0.1) is 46.4 Å². The monoisotopic (exact) mass is 390 g/mol. The van der Waals surface area contributed by atoms with E-state index in [0.29, 0.717) is 30.1 Å². The van der Waals surface area contributed by atoms with Gasteiger partial charge in [0.1, 0.15) is 0 Å². The van der Waals surface area contributed by atoms with Crippen molar-refractivity contribution in [2.24, 2.45) is 0 Å². The van der Waals surface area contributed by atoms with Crippen molar-refractivity contribution in [3.63, 3.8) is 0 Å². The summed E-state index contributed by atoms with van der Waals surface area (Å²) < 4.78 is 0. The second-order valence-corrected chi connectivity index (χ2v) is 5.07. The predicted octanol–water partition coefficient (Wildman–Crippen LogP) is 6.73. The quantitative estimate of drug-likeness (QED) is 0.344. The molecule has 96 valence electrons. The van der Waals surface area contributed by atoms with Crippen LogP contribution in [0.1, 0.15) is 0 Å². The van der Waals surface area contributed by atoms with Crippen molar-refractivity contribution in [3.05, 3.63) is 54.4 Å². The molecule has 0 atom stereocenters. The maximum absolute atomic E-state index is 5.53. The average molecular weight is 393 g/mol. The van der Waals surface area contributed by atoms with E-state index in [1.165, 1.54) is 0 Å². The van der Waals surface area contributed by atoms with Crippen molar-refractivity contribution in [1.29, 1.82) is 0 Å². The van der Waals surface area contributed by atoms with Gasteiger partial charge >= 0.3 is 0 Å². The summed E-state index contributed by atoms with van der Waals surface area (Å²) in [5, 5.41) is 2.92. The molecule has 2 aromatic rings. The van der Waals surface area contributed by atoms with Crippen LogP contribution < -0.4 is 0 Å². The molecule has 2 rings (SSSR count). The first kappa shape index (κ1) is 18.0. The van der Waals surface area contributed by atoms with Crippen LogP contribution >= 0.6 is 69.6 Å². The average Bonchev–Trinajstić information content (AvgIpc) is 2.70. The van der Waals surface area contributed by atoms with Crippen LogP contribution in [0.5, 0.6) is 0 Å². The molecule has 0 aliphatic carbocycles. The zero-order valence-corrected chi connectivity index (χ0v) is 13.6. The zero-order valence-electron chi connectivity index (χ0n) is 7.93. The van der Waals surface area contributed by atoms with Gasteiger partial charge in [-0.1, -0.05) is 20.1 Å². The summed E-state index contributed by atoms with van der Waals surface area (Å²) in [4.78, 5) is 0. The Morgan fingerprint density at radius 1 is 0.588 bits per heavy atom. The summed E-state index contributed by atoms with van der Waals surface area (Å²) in [7, 11) is 0. The molecule has 0 bridgehead atoms. The van der Waals surface area contributed by atoms with Crippen LogP contribution in [0.2, 0.25) is 30.1 Å². The van der Waals surface area contributed by atoms with Crippen molar-refractivity contribution in [2.75, 3.05) is 0 Å². The first-order valence-corrected chi connectivity index (χ1v) is 6.22. The summed E-state index contributed by atoms with van der Waals surface area (Å²) in [5.74, 6) is 0. The fraction of sp³-hybridized carbons (Fsp3) is 0. The molecule has 0 aromatic heterocycles. The second kappa shape index (κ2) is 8.19. The maximum Gasteiger partial charge on any atom is 0 e. The summed E-state index contributed by atoms with van der Waals surface area (Å²) in [6.45, 7) is 0. The van der Waals surface area contributed by atoms with Crippen LogP contribution in [0.4, 0.5) is 0 Å². The van der Waals surface area contributed by atoms with Gasteiger partial charge in [0.15, 0.2) is 0 Å². The molecular formula is C10H4Cl6Fe-2. The summed E-state index contributed by atoms with van der Waals surface area (Å²) >= 11 is 33.1.